The van der Waals surface area contributed by atoms with Crippen LogP contribution in [0.2, 0.25) is 0 Å². The number of nitrogens with zero attached hydrogens (tertiary/aromatic N) is 2. The summed E-state index contributed by atoms with van der Waals surface area (Å²) in [5, 5.41) is 0.514. The summed E-state index contributed by atoms with van der Waals surface area (Å²) in [6.45, 7) is 0.519. The molecule has 0 atom stereocenters. The minimum atomic E-state index is -3.76. The molecular formula is C21H23N3O6S. The van der Waals surface area contributed by atoms with E-state index in [4.69, 9.17) is 4.42 Å². The Morgan fingerprint density at radius 3 is 2.68 bits per heavy atom. The Morgan fingerprint density at radius 2 is 1.87 bits per heavy atom. The standard InChI is InChI=1S/C21H23N3O6S/c1-23(31(28,29)15-8-9-18-14(13-15)7-10-19(25)30-18)11-4-12-24-17-6-3-2-5-16(17)20(26)22-21(24)27/h7-10,13H,2-6,11-12H2,1H3,(H,22,26,27). The minimum Gasteiger partial charge on any atom is -0.423 e. The summed E-state index contributed by atoms with van der Waals surface area (Å²) < 4.78 is 33.7. The molecule has 0 spiro atoms. The highest BCUT2D eigenvalue weighted by Crippen LogP contribution is 2.21. The van der Waals surface area contributed by atoms with Crippen molar-refractivity contribution < 1.29 is 12.8 Å². The molecule has 1 aliphatic rings. The molecule has 31 heavy (non-hydrogen) atoms. The van der Waals surface area contributed by atoms with Crippen LogP contribution in [0.1, 0.15) is 30.5 Å². The van der Waals surface area contributed by atoms with Crippen molar-refractivity contribution in [2.75, 3.05) is 13.6 Å². The van der Waals surface area contributed by atoms with E-state index in [1.165, 1.54) is 41.7 Å². The molecule has 0 amide bonds. The molecule has 1 aliphatic carbocycles. The fourth-order valence-corrected chi connectivity index (χ4v) is 5.24. The molecule has 0 saturated heterocycles. The lowest BCUT2D eigenvalue weighted by atomic mass is 9.97. The SMILES string of the molecule is CN(CCCn1c2c(c(=O)[nH]c1=O)CCCC2)S(=O)(=O)c1ccc2oc(=O)ccc2c1. The molecule has 0 fully saturated rings. The largest absolute Gasteiger partial charge is 0.423 e. The second-order valence-corrected chi connectivity index (χ2v) is 9.72. The van der Waals surface area contributed by atoms with Crippen LogP contribution in [0.3, 0.4) is 0 Å². The first kappa shape index (κ1) is 21.3. The predicted molar refractivity (Wildman–Crippen MR) is 115 cm³/mol. The number of H-pyrrole nitrogens is 1. The lowest BCUT2D eigenvalue weighted by Crippen LogP contribution is -2.37. The van der Waals surface area contributed by atoms with E-state index >= 15 is 0 Å². The van der Waals surface area contributed by atoms with Crippen molar-refractivity contribution in [3.8, 4) is 0 Å². The fraction of sp³-hybridized carbons (Fsp3) is 0.381. The van der Waals surface area contributed by atoms with Crippen LogP contribution in [-0.4, -0.2) is 35.9 Å². The number of aromatic nitrogens is 2. The first-order valence-electron chi connectivity index (χ1n) is 10.1. The van der Waals surface area contributed by atoms with Crippen LogP contribution in [0.15, 0.2) is 54.0 Å². The maximum Gasteiger partial charge on any atom is 0.336 e. The van der Waals surface area contributed by atoms with Gasteiger partial charge in [-0.05, 0) is 56.4 Å². The van der Waals surface area contributed by atoms with E-state index in [2.05, 4.69) is 4.98 Å². The van der Waals surface area contributed by atoms with Gasteiger partial charge < -0.3 is 4.42 Å². The van der Waals surface area contributed by atoms with Gasteiger partial charge in [0.2, 0.25) is 10.0 Å². The van der Waals surface area contributed by atoms with E-state index in [0.717, 1.165) is 18.5 Å². The van der Waals surface area contributed by atoms with E-state index in [0.29, 0.717) is 42.3 Å². The Hall–Kier alpha value is -2.98. The average molecular weight is 445 g/mol. The highest BCUT2D eigenvalue weighted by Gasteiger charge is 2.22. The van der Waals surface area contributed by atoms with Crippen molar-refractivity contribution >= 4 is 21.0 Å². The van der Waals surface area contributed by atoms with Crippen LogP contribution in [0.25, 0.3) is 11.0 Å². The zero-order chi connectivity index (χ0) is 22.2. The smallest absolute Gasteiger partial charge is 0.336 e. The van der Waals surface area contributed by atoms with Gasteiger partial charge >= 0.3 is 11.3 Å². The summed E-state index contributed by atoms with van der Waals surface area (Å²) in [6.07, 6.45) is 3.59. The predicted octanol–water partition coefficient (Wildman–Crippen LogP) is 1.23. The molecule has 0 saturated carbocycles. The fourth-order valence-electron chi connectivity index (χ4n) is 3.99. The summed E-state index contributed by atoms with van der Waals surface area (Å²) >= 11 is 0. The Labute approximate surface area is 178 Å². The van der Waals surface area contributed by atoms with Gasteiger partial charge in [0, 0.05) is 42.8 Å². The van der Waals surface area contributed by atoms with Crippen LogP contribution in [-0.2, 0) is 29.4 Å². The molecule has 0 unspecified atom stereocenters. The molecule has 3 aromatic rings. The van der Waals surface area contributed by atoms with E-state index in [1.54, 1.807) is 4.57 Å². The molecule has 164 valence electrons. The van der Waals surface area contributed by atoms with Gasteiger partial charge in [0.15, 0.2) is 0 Å². The number of nitrogens with one attached hydrogen (secondary N) is 1. The molecule has 1 N–H and O–H groups in total. The molecule has 2 aromatic heterocycles. The van der Waals surface area contributed by atoms with Crippen LogP contribution >= 0.6 is 0 Å². The Balaban J connectivity index is 1.51. The molecule has 4 rings (SSSR count). The van der Waals surface area contributed by atoms with Gasteiger partial charge in [0.1, 0.15) is 5.58 Å². The maximum absolute atomic E-state index is 12.9. The average Bonchev–Trinajstić information content (AvgIpc) is 2.75. The normalized spacial score (nSPS) is 14.1. The lowest BCUT2D eigenvalue weighted by Gasteiger charge is -2.21. The third-order valence-electron chi connectivity index (χ3n) is 5.66. The monoisotopic (exact) mass is 445 g/mol. The number of sulfonamides is 1. The van der Waals surface area contributed by atoms with Crippen molar-refractivity contribution in [3.05, 3.63) is 72.8 Å². The van der Waals surface area contributed by atoms with Gasteiger partial charge in [0.25, 0.3) is 5.56 Å². The second-order valence-electron chi connectivity index (χ2n) is 7.68. The van der Waals surface area contributed by atoms with Gasteiger partial charge in [-0.1, -0.05) is 0 Å². The first-order valence-corrected chi connectivity index (χ1v) is 11.6. The van der Waals surface area contributed by atoms with Crippen molar-refractivity contribution in [2.45, 2.75) is 43.5 Å². The molecule has 9 nitrogen and oxygen atoms in total. The number of rotatable bonds is 6. The quantitative estimate of drug-likeness (QED) is 0.570. The van der Waals surface area contributed by atoms with E-state index in [9.17, 15) is 22.8 Å². The molecule has 0 radical (unpaired) electrons. The lowest BCUT2D eigenvalue weighted by molar-refractivity contribution is 0.435. The van der Waals surface area contributed by atoms with Crippen LogP contribution in [0, 0.1) is 0 Å². The van der Waals surface area contributed by atoms with Gasteiger partial charge in [0.05, 0.1) is 4.90 Å². The van der Waals surface area contributed by atoms with Gasteiger partial charge in [-0.25, -0.2) is 22.3 Å². The maximum atomic E-state index is 12.9. The molecule has 1 aromatic carbocycles. The van der Waals surface area contributed by atoms with Gasteiger partial charge in [-0.15, -0.1) is 0 Å². The van der Waals surface area contributed by atoms with Crippen molar-refractivity contribution in [2.24, 2.45) is 0 Å². The number of fused-ring (bicyclic) bond motifs is 2. The molecule has 0 aliphatic heterocycles. The zero-order valence-corrected chi connectivity index (χ0v) is 17.9. The van der Waals surface area contributed by atoms with E-state index in [-0.39, 0.29) is 17.0 Å². The third-order valence-corrected chi connectivity index (χ3v) is 7.51. The minimum absolute atomic E-state index is 0.0925. The summed E-state index contributed by atoms with van der Waals surface area (Å²) in [7, 11) is -2.28. The highest BCUT2D eigenvalue weighted by molar-refractivity contribution is 7.89. The number of aromatic amines is 1. The van der Waals surface area contributed by atoms with Crippen molar-refractivity contribution in [1.29, 1.82) is 0 Å². The molecule has 10 heteroatoms. The van der Waals surface area contributed by atoms with Crippen LogP contribution in [0.4, 0.5) is 0 Å². The van der Waals surface area contributed by atoms with Gasteiger partial charge in [-0.3, -0.25) is 14.3 Å². The van der Waals surface area contributed by atoms with E-state index in [1.807, 2.05) is 0 Å². The van der Waals surface area contributed by atoms with Crippen LogP contribution in [0.5, 0.6) is 0 Å². The third kappa shape index (κ3) is 4.13. The number of hydrogen-bond donors (Lipinski definition) is 1. The summed E-state index contributed by atoms with van der Waals surface area (Å²) in [5.41, 5.74) is 0.474. The molecule has 0 bridgehead atoms. The number of benzene rings is 1. The van der Waals surface area contributed by atoms with Crippen LogP contribution < -0.4 is 16.9 Å². The summed E-state index contributed by atoms with van der Waals surface area (Å²) in [6, 6.07) is 7.09. The van der Waals surface area contributed by atoms with E-state index < -0.39 is 21.3 Å². The Kier molecular flexibility index (Phi) is 5.67. The summed E-state index contributed by atoms with van der Waals surface area (Å²) in [4.78, 5) is 38.1. The Bertz CT molecular complexity index is 1420. The highest BCUT2D eigenvalue weighted by atomic mass is 32.2. The second kappa shape index (κ2) is 8.27. The topological polar surface area (TPSA) is 122 Å². The van der Waals surface area contributed by atoms with Gasteiger partial charge in [-0.2, -0.15) is 0 Å². The zero-order valence-electron chi connectivity index (χ0n) is 17.1. The number of hydrogen-bond acceptors (Lipinski definition) is 6. The molecule has 2 heterocycles. The summed E-state index contributed by atoms with van der Waals surface area (Å²) in [5.74, 6) is 0. The molecular weight excluding hydrogens is 422 g/mol. The first-order chi connectivity index (χ1) is 14.8. The Morgan fingerprint density at radius 1 is 1.10 bits per heavy atom. The van der Waals surface area contributed by atoms with Crippen molar-refractivity contribution in [3.63, 3.8) is 0 Å². The van der Waals surface area contributed by atoms with Crippen molar-refractivity contribution in [1.82, 2.24) is 13.9 Å².